The largest absolute Gasteiger partial charge is 0.332 e. The Morgan fingerprint density at radius 1 is 1.07 bits per heavy atom. The molecule has 1 aromatic rings. The molecule has 1 aliphatic heterocycles. The first-order valence-corrected chi connectivity index (χ1v) is 12.3. The minimum absolute atomic E-state index is 0. The van der Waals surface area contributed by atoms with Crippen LogP contribution in [0.5, 0.6) is 0 Å². The average molecular weight is 445 g/mol. The maximum absolute atomic E-state index is 12.6. The summed E-state index contributed by atoms with van der Waals surface area (Å²) in [5.41, 5.74) is 5.93. The summed E-state index contributed by atoms with van der Waals surface area (Å²) < 4.78 is 27.5. The molecule has 1 atom stereocenters. The van der Waals surface area contributed by atoms with Gasteiger partial charge < -0.3 is 5.32 Å². The van der Waals surface area contributed by atoms with Crippen molar-refractivity contribution in [1.82, 2.24) is 9.62 Å². The monoisotopic (exact) mass is 444 g/mol. The van der Waals surface area contributed by atoms with Crippen molar-refractivity contribution in [2.24, 2.45) is 0 Å². The molecule has 0 aromatic heterocycles. The van der Waals surface area contributed by atoms with Gasteiger partial charge in [-0.15, -0.1) is 0 Å². The van der Waals surface area contributed by atoms with Crippen molar-refractivity contribution in [3.63, 3.8) is 0 Å². The molecule has 4 rings (SSSR count). The standard InChI is InChI=1S/C21H31N3O3S.K/c1-2-24-12-4-3-9-17(24)14-28(26,27)23-21(25)22-20-18-10-5-7-15(18)13-16-8-6-11-19(16)20;/h13,17H,2-12,14H2,1H3,(H2,22,23,25);. The number of hydrogen-bond acceptors (Lipinski definition) is 4. The molecule has 1 saturated heterocycles. The van der Waals surface area contributed by atoms with Crippen molar-refractivity contribution in [2.75, 3.05) is 24.2 Å². The first-order chi connectivity index (χ1) is 13.5. The molecular weight excluding hydrogens is 413 g/mol. The van der Waals surface area contributed by atoms with E-state index in [1.54, 1.807) is 0 Å². The van der Waals surface area contributed by atoms with Crippen LogP contribution in [-0.4, -0.2) is 95.6 Å². The zero-order valence-corrected chi connectivity index (χ0v) is 21.7. The number of amides is 2. The smallest absolute Gasteiger partial charge is 0.307 e. The van der Waals surface area contributed by atoms with Crippen molar-refractivity contribution in [1.29, 1.82) is 0 Å². The van der Waals surface area contributed by atoms with E-state index in [1.807, 2.05) is 0 Å². The predicted octanol–water partition coefficient (Wildman–Crippen LogP) is 2.61. The molecule has 29 heavy (non-hydrogen) atoms. The molecule has 155 valence electrons. The van der Waals surface area contributed by atoms with E-state index in [9.17, 15) is 13.2 Å². The minimum atomic E-state index is -3.68. The van der Waals surface area contributed by atoms with Crippen LogP contribution in [0.2, 0.25) is 0 Å². The number of benzene rings is 1. The number of sulfonamides is 1. The van der Waals surface area contributed by atoms with Gasteiger partial charge in [-0.05, 0) is 86.7 Å². The Bertz CT molecular complexity index is 840. The Morgan fingerprint density at radius 2 is 1.72 bits per heavy atom. The first-order valence-electron chi connectivity index (χ1n) is 10.7. The zero-order valence-electron chi connectivity index (χ0n) is 17.7. The number of anilines is 1. The Kier molecular flexibility index (Phi) is 8.26. The number of likely N-dealkylation sites (tertiary alicyclic amines) is 1. The molecule has 0 bridgehead atoms. The molecule has 6 nitrogen and oxygen atoms in total. The molecule has 3 aliphatic rings. The van der Waals surface area contributed by atoms with E-state index in [0.717, 1.165) is 76.6 Å². The number of nitrogens with zero attached hydrogens (tertiary/aromatic N) is 1. The van der Waals surface area contributed by atoms with Crippen LogP contribution in [0.25, 0.3) is 0 Å². The molecule has 2 amide bonds. The van der Waals surface area contributed by atoms with Crippen molar-refractivity contribution in [2.45, 2.75) is 70.8 Å². The second-order valence-electron chi connectivity index (χ2n) is 8.35. The van der Waals surface area contributed by atoms with Crippen LogP contribution in [-0.2, 0) is 35.7 Å². The maximum Gasteiger partial charge on any atom is 0.332 e. The van der Waals surface area contributed by atoms with Crippen LogP contribution in [0.1, 0.15) is 61.3 Å². The average Bonchev–Trinajstić information content (AvgIpc) is 3.30. The summed E-state index contributed by atoms with van der Waals surface area (Å²) in [4.78, 5) is 14.8. The Balaban J connectivity index is 0.00000240. The van der Waals surface area contributed by atoms with Gasteiger partial charge in [0.05, 0.1) is 5.75 Å². The van der Waals surface area contributed by atoms with E-state index in [2.05, 4.69) is 27.9 Å². The number of carbonyl (C=O) groups excluding carboxylic acids is 1. The molecule has 2 N–H and O–H groups in total. The Morgan fingerprint density at radius 3 is 2.34 bits per heavy atom. The number of carbonyl (C=O) groups is 1. The van der Waals surface area contributed by atoms with Crippen molar-refractivity contribution in [3.05, 3.63) is 28.3 Å². The van der Waals surface area contributed by atoms with Gasteiger partial charge in [0.2, 0.25) is 10.0 Å². The number of rotatable bonds is 5. The van der Waals surface area contributed by atoms with E-state index in [-0.39, 0.29) is 63.2 Å². The zero-order chi connectivity index (χ0) is 19.7. The minimum Gasteiger partial charge on any atom is -0.307 e. The summed E-state index contributed by atoms with van der Waals surface area (Å²) >= 11 is 0. The summed E-state index contributed by atoms with van der Waals surface area (Å²) in [7, 11) is -3.68. The molecule has 2 aliphatic carbocycles. The molecule has 1 aromatic carbocycles. The SMILES string of the molecule is CCN1CCCCC1CS(=O)(=O)NC(=O)Nc1c2c(cc3c1CCC3)CCC2.[K]. The van der Waals surface area contributed by atoms with Crippen LogP contribution in [0.3, 0.4) is 0 Å². The third-order valence-corrected chi connectivity index (χ3v) is 7.85. The van der Waals surface area contributed by atoms with Crippen molar-refractivity contribution in [3.8, 4) is 0 Å². The summed E-state index contributed by atoms with van der Waals surface area (Å²) in [6.07, 6.45) is 9.24. The van der Waals surface area contributed by atoms with Crippen molar-refractivity contribution >= 4 is 73.1 Å². The molecule has 0 spiro atoms. The van der Waals surface area contributed by atoms with Crippen LogP contribution < -0.4 is 10.0 Å². The van der Waals surface area contributed by atoms with Crippen LogP contribution >= 0.6 is 0 Å². The molecule has 1 heterocycles. The molecule has 8 heteroatoms. The van der Waals surface area contributed by atoms with Gasteiger partial charge >= 0.3 is 6.03 Å². The summed E-state index contributed by atoms with van der Waals surface area (Å²) in [6, 6.07) is 1.68. The van der Waals surface area contributed by atoms with Gasteiger partial charge in [0.1, 0.15) is 0 Å². The summed E-state index contributed by atoms with van der Waals surface area (Å²) in [6.45, 7) is 3.83. The molecule has 1 unspecified atom stereocenters. The number of aryl methyl sites for hydroxylation is 2. The third-order valence-electron chi connectivity index (χ3n) is 6.53. The van der Waals surface area contributed by atoms with Gasteiger partial charge in [-0.1, -0.05) is 19.4 Å². The Labute approximate surface area is 217 Å². The summed E-state index contributed by atoms with van der Waals surface area (Å²) in [5, 5.41) is 2.92. The number of nitrogens with one attached hydrogen (secondary N) is 2. The first kappa shape index (κ1) is 23.7. The fourth-order valence-corrected chi connectivity index (χ4v) is 6.51. The van der Waals surface area contributed by atoms with Gasteiger partial charge in [0.25, 0.3) is 0 Å². The van der Waals surface area contributed by atoms with E-state index in [1.165, 1.54) is 22.3 Å². The number of fused-ring (bicyclic) bond motifs is 2. The fraction of sp³-hybridized carbons (Fsp3) is 0.667. The van der Waals surface area contributed by atoms with E-state index in [4.69, 9.17) is 0 Å². The third kappa shape index (κ3) is 5.45. The van der Waals surface area contributed by atoms with Gasteiger partial charge in [-0.3, -0.25) is 4.90 Å². The quantitative estimate of drug-likeness (QED) is 0.685. The van der Waals surface area contributed by atoms with Gasteiger partial charge in [-0.25, -0.2) is 17.9 Å². The molecule has 0 saturated carbocycles. The predicted molar refractivity (Wildman–Crippen MR) is 117 cm³/mol. The summed E-state index contributed by atoms with van der Waals surface area (Å²) in [5.74, 6) is -0.0146. The number of piperidine rings is 1. The number of hydrogen-bond donors (Lipinski definition) is 2. The van der Waals surface area contributed by atoms with Crippen molar-refractivity contribution < 1.29 is 13.2 Å². The molecule has 1 fully saturated rings. The van der Waals surface area contributed by atoms with E-state index in [0.29, 0.717) is 0 Å². The number of urea groups is 1. The fourth-order valence-electron chi connectivity index (χ4n) is 5.21. The van der Waals surface area contributed by atoms with Crippen LogP contribution in [0.15, 0.2) is 6.07 Å². The van der Waals surface area contributed by atoms with E-state index >= 15 is 0 Å². The van der Waals surface area contributed by atoms with Crippen LogP contribution in [0, 0.1) is 0 Å². The topological polar surface area (TPSA) is 78.5 Å². The van der Waals surface area contributed by atoms with Gasteiger partial charge in [0, 0.05) is 63.1 Å². The van der Waals surface area contributed by atoms with Gasteiger partial charge in [-0.2, -0.15) is 0 Å². The Hall–Kier alpha value is 0.0364. The van der Waals surface area contributed by atoms with Crippen LogP contribution in [0.4, 0.5) is 10.5 Å². The van der Waals surface area contributed by atoms with E-state index < -0.39 is 16.1 Å². The molecule has 1 radical (unpaired) electrons. The second-order valence-corrected chi connectivity index (χ2v) is 10.1. The second kappa shape index (κ2) is 10.1. The molecular formula is C21H31KN3O3S. The maximum atomic E-state index is 12.6. The van der Waals surface area contributed by atoms with Gasteiger partial charge in [0.15, 0.2) is 0 Å². The normalized spacial score (nSPS) is 21.2.